The molecule has 1 aliphatic heterocycles. The van der Waals surface area contributed by atoms with Crippen LogP contribution in [0.25, 0.3) is 11.3 Å². The number of amides is 2. The average molecular weight is 494 g/mol. The number of nitrogens with zero attached hydrogens (tertiary/aromatic N) is 4. The fourth-order valence-corrected chi connectivity index (χ4v) is 4.88. The quantitative estimate of drug-likeness (QED) is 0.528. The molecule has 3 aromatic rings. The minimum Gasteiger partial charge on any atom is -0.497 e. The molecule has 0 bridgehead atoms. The third kappa shape index (κ3) is 4.38. The fourth-order valence-electron chi connectivity index (χ4n) is 3.97. The maximum Gasteiger partial charge on any atom is 0.259 e. The van der Waals surface area contributed by atoms with Gasteiger partial charge in [-0.1, -0.05) is 23.7 Å². The van der Waals surface area contributed by atoms with E-state index in [1.165, 1.54) is 16.3 Å². The van der Waals surface area contributed by atoms with Gasteiger partial charge in [0.2, 0.25) is 11.0 Å². The Labute approximate surface area is 205 Å². The molecule has 0 unspecified atom stereocenters. The van der Waals surface area contributed by atoms with Crippen LogP contribution in [0.3, 0.4) is 0 Å². The number of anilines is 1. The summed E-state index contributed by atoms with van der Waals surface area (Å²) < 4.78 is 5.19. The summed E-state index contributed by atoms with van der Waals surface area (Å²) in [7, 11) is 1.60. The van der Waals surface area contributed by atoms with Crippen molar-refractivity contribution < 1.29 is 14.3 Å². The molecule has 172 valence electrons. The van der Waals surface area contributed by atoms with Crippen molar-refractivity contribution in [3.05, 3.63) is 64.5 Å². The molecule has 0 saturated carbocycles. The van der Waals surface area contributed by atoms with E-state index in [1.54, 1.807) is 38.3 Å². The van der Waals surface area contributed by atoms with Crippen LogP contribution in [0.15, 0.2) is 59.0 Å². The van der Waals surface area contributed by atoms with Crippen LogP contribution in [0.5, 0.6) is 5.75 Å². The zero-order valence-corrected chi connectivity index (χ0v) is 19.9. The van der Waals surface area contributed by atoms with Crippen molar-refractivity contribution in [3.63, 3.8) is 0 Å². The third-order valence-electron chi connectivity index (χ3n) is 5.66. The number of ether oxygens (including phenoxy) is 1. The second-order valence-corrected chi connectivity index (χ2v) is 8.97. The van der Waals surface area contributed by atoms with Gasteiger partial charge in [0, 0.05) is 27.6 Å². The fraction of sp³-hybridized carbons (Fsp3) is 0.208. The second-order valence-electron chi connectivity index (χ2n) is 7.70. The highest BCUT2D eigenvalue weighted by Crippen LogP contribution is 2.40. The summed E-state index contributed by atoms with van der Waals surface area (Å²) in [6.07, 6.45) is 0. The first kappa shape index (κ1) is 23.4. The molecule has 1 aromatic heterocycles. The van der Waals surface area contributed by atoms with Crippen LogP contribution in [-0.4, -0.2) is 29.6 Å². The molecule has 4 rings (SSSR count). The number of benzene rings is 2. The van der Waals surface area contributed by atoms with Gasteiger partial charge in [-0.25, -0.2) is 4.98 Å². The molecule has 3 atom stereocenters. The summed E-state index contributed by atoms with van der Waals surface area (Å²) in [5.74, 6) is -3.36. The van der Waals surface area contributed by atoms with E-state index in [2.05, 4.69) is 10.1 Å². The smallest absolute Gasteiger partial charge is 0.259 e. The van der Waals surface area contributed by atoms with Gasteiger partial charge >= 0.3 is 0 Å². The van der Waals surface area contributed by atoms with E-state index in [0.717, 1.165) is 11.3 Å². The van der Waals surface area contributed by atoms with Gasteiger partial charge in [0.15, 0.2) is 0 Å². The van der Waals surface area contributed by atoms with E-state index in [0.29, 0.717) is 27.1 Å². The number of aromatic nitrogens is 1. The van der Waals surface area contributed by atoms with Crippen LogP contribution in [0.4, 0.5) is 5.13 Å². The molecule has 2 aromatic carbocycles. The minimum atomic E-state index is -1.23. The molecule has 0 fully saturated rings. The number of hydrogen-bond donors (Lipinski definition) is 1. The maximum absolute atomic E-state index is 13.5. The molecule has 2 N–H and O–H groups in total. The third-order valence-corrected chi connectivity index (χ3v) is 6.73. The van der Waals surface area contributed by atoms with E-state index in [4.69, 9.17) is 22.1 Å². The van der Waals surface area contributed by atoms with Crippen LogP contribution < -0.4 is 15.5 Å². The SMILES string of the molecule is COc1ccc(-c2csc(N3N=C(C)[C@H]([C@@H](c4ccc(Cl)cc4)[C@H](C#N)C(N)=O)C3=O)n2)cc1. The highest BCUT2D eigenvalue weighted by molar-refractivity contribution is 7.14. The number of halogens is 1. The highest BCUT2D eigenvalue weighted by atomic mass is 35.5. The predicted molar refractivity (Wildman–Crippen MR) is 131 cm³/mol. The van der Waals surface area contributed by atoms with Gasteiger partial charge in [-0.3, -0.25) is 9.59 Å². The number of rotatable bonds is 7. The highest BCUT2D eigenvalue weighted by Gasteiger charge is 2.46. The number of hydrogen-bond acceptors (Lipinski definition) is 7. The molecule has 10 heteroatoms. The van der Waals surface area contributed by atoms with Crippen molar-refractivity contribution in [3.8, 4) is 23.1 Å². The van der Waals surface area contributed by atoms with Gasteiger partial charge < -0.3 is 10.5 Å². The molecule has 1 aliphatic rings. The van der Waals surface area contributed by atoms with Crippen molar-refractivity contribution in [2.75, 3.05) is 12.1 Å². The number of primary amides is 1. The summed E-state index contributed by atoms with van der Waals surface area (Å²) in [6, 6.07) is 16.0. The van der Waals surface area contributed by atoms with E-state index < -0.39 is 23.7 Å². The van der Waals surface area contributed by atoms with Gasteiger partial charge in [0.1, 0.15) is 11.7 Å². The summed E-state index contributed by atoms with van der Waals surface area (Å²) in [5, 5.41) is 18.1. The first-order valence-electron chi connectivity index (χ1n) is 10.3. The Morgan fingerprint density at radius 3 is 2.50 bits per heavy atom. The number of carbonyl (C=O) groups excluding carboxylic acids is 2. The summed E-state index contributed by atoms with van der Waals surface area (Å²) in [4.78, 5) is 30.3. The summed E-state index contributed by atoms with van der Waals surface area (Å²) >= 11 is 7.28. The first-order chi connectivity index (χ1) is 16.3. The molecular formula is C24H20ClN5O3S. The summed E-state index contributed by atoms with van der Waals surface area (Å²) in [5.41, 5.74) is 8.15. The number of nitrogens with two attached hydrogens (primary N) is 1. The number of methoxy groups -OCH3 is 1. The predicted octanol–water partition coefficient (Wildman–Crippen LogP) is 4.22. The van der Waals surface area contributed by atoms with Crippen LogP contribution in [0.2, 0.25) is 5.02 Å². The standard InChI is InChI=1S/C24H20ClN5O3S/c1-13-20(21(18(11-26)22(27)31)15-3-7-16(25)8-4-15)23(32)30(29-13)24-28-19(12-34-24)14-5-9-17(33-2)10-6-14/h3-10,12,18,20-21H,1-2H3,(H2,27,31)/t18-,20+,21-/m0/s1. The van der Waals surface area contributed by atoms with Crippen LogP contribution in [-0.2, 0) is 9.59 Å². The average Bonchev–Trinajstić information content (AvgIpc) is 3.43. The van der Waals surface area contributed by atoms with E-state index in [-0.39, 0.29) is 5.91 Å². The van der Waals surface area contributed by atoms with Gasteiger partial charge in [0.25, 0.3) is 5.91 Å². The van der Waals surface area contributed by atoms with E-state index in [9.17, 15) is 14.9 Å². The van der Waals surface area contributed by atoms with Gasteiger partial charge in [-0.15, -0.1) is 11.3 Å². The van der Waals surface area contributed by atoms with Crippen molar-refractivity contribution in [1.29, 1.82) is 5.26 Å². The lowest BCUT2D eigenvalue weighted by molar-refractivity contribution is -0.123. The van der Waals surface area contributed by atoms with Gasteiger partial charge in [-0.2, -0.15) is 15.4 Å². The number of thiazole rings is 1. The van der Waals surface area contributed by atoms with Crippen molar-refractivity contribution >= 4 is 45.6 Å². The van der Waals surface area contributed by atoms with E-state index in [1.807, 2.05) is 35.7 Å². The molecule has 0 spiro atoms. The van der Waals surface area contributed by atoms with Crippen LogP contribution in [0, 0.1) is 23.2 Å². The Bertz CT molecular complexity index is 1300. The Morgan fingerprint density at radius 1 is 1.24 bits per heavy atom. The molecule has 8 nitrogen and oxygen atoms in total. The van der Waals surface area contributed by atoms with Crippen molar-refractivity contribution in [2.45, 2.75) is 12.8 Å². The molecule has 2 amide bonds. The van der Waals surface area contributed by atoms with Gasteiger partial charge in [0.05, 0.1) is 24.8 Å². The number of hydrazone groups is 1. The lowest BCUT2D eigenvalue weighted by Crippen LogP contribution is -2.38. The lowest BCUT2D eigenvalue weighted by Gasteiger charge is -2.25. The molecule has 2 heterocycles. The monoisotopic (exact) mass is 493 g/mol. The minimum absolute atomic E-state index is 0.380. The molecule has 0 saturated heterocycles. The molecule has 0 aliphatic carbocycles. The topological polar surface area (TPSA) is 122 Å². The van der Waals surface area contributed by atoms with Crippen LogP contribution in [0.1, 0.15) is 18.4 Å². The molecular weight excluding hydrogens is 474 g/mol. The van der Waals surface area contributed by atoms with Crippen molar-refractivity contribution in [1.82, 2.24) is 4.98 Å². The number of nitriles is 1. The summed E-state index contributed by atoms with van der Waals surface area (Å²) in [6.45, 7) is 1.69. The second kappa shape index (κ2) is 9.63. The van der Waals surface area contributed by atoms with Gasteiger partial charge in [-0.05, 0) is 48.9 Å². The normalized spacial score (nSPS) is 17.1. The maximum atomic E-state index is 13.5. The molecule has 34 heavy (non-hydrogen) atoms. The largest absolute Gasteiger partial charge is 0.497 e. The Balaban J connectivity index is 1.67. The Hall–Kier alpha value is -3.74. The number of carbonyl (C=O) groups is 2. The van der Waals surface area contributed by atoms with E-state index >= 15 is 0 Å². The van der Waals surface area contributed by atoms with Crippen molar-refractivity contribution in [2.24, 2.45) is 22.7 Å². The Morgan fingerprint density at radius 2 is 1.91 bits per heavy atom. The van der Waals surface area contributed by atoms with Crippen LogP contribution >= 0.6 is 22.9 Å². The zero-order chi connectivity index (χ0) is 24.4. The Kier molecular flexibility index (Phi) is 6.63. The zero-order valence-electron chi connectivity index (χ0n) is 18.3. The first-order valence-corrected chi connectivity index (χ1v) is 11.5. The lowest BCUT2D eigenvalue weighted by atomic mass is 9.75. The molecule has 0 radical (unpaired) electrons.